The summed E-state index contributed by atoms with van der Waals surface area (Å²) >= 11 is 0. The smallest absolute Gasteiger partial charge is 0.204 e. The lowest BCUT2D eigenvalue weighted by Crippen LogP contribution is -2.41. The zero-order valence-corrected chi connectivity index (χ0v) is 20.0. The van der Waals surface area contributed by atoms with Crippen LogP contribution in [0, 0.1) is 10.4 Å². The molecular formula is C26H35NO6. The maximum absolute atomic E-state index is 10.6. The largest absolute Gasteiger partial charge is 0.507 e. The van der Waals surface area contributed by atoms with Crippen molar-refractivity contribution in [2.24, 2.45) is 0 Å². The van der Waals surface area contributed by atoms with Crippen LogP contribution in [0.1, 0.15) is 56.8 Å². The number of benzene rings is 2. The highest BCUT2D eigenvalue weighted by atomic mass is 16.6. The number of ether oxygens (including phenoxy) is 4. The van der Waals surface area contributed by atoms with Crippen molar-refractivity contribution in [3.05, 3.63) is 39.8 Å². The summed E-state index contributed by atoms with van der Waals surface area (Å²) in [6.45, 7) is 6.42. The van der Waals surface area contributed by atoms with Crippen molar-refractivity contribution in [1.82, 2.24) is 4.90 Å². The number of rotatable bonds is 7. The van der Waals surface area contributed by atoms with Gasteiger partial charge in [0, 0.05) is 30.3 Å². The van der Waals surface area contributed by atoms with E-state index in [-0.39, 0.29) is 6.23 Å². The van der Waals surface area contributed by atoms with Crippen LogP contribution in [0.4, 0.5) is 0 Å². The van der Waals surface area contributed by atoms with Crippen molar-refractivity contribution in [3.63, 3.8) is 0 Å². The molecular weight excluding hydrogens is 422 g/mol. The Hall–Kier alpha value is -2.64. The molecule has 1 aromatic carbocycles. The predicted octanol–water partition coefficient (Wildman–Crippen LogP) is 4.29. The number of hydrogen-bond donors (Lipinski definition) is 2. The number of hydrogen-bond acceptors (Lipinski definition) is 7. The molecule has 5 rings (SSSR count). The molecule has 4 aliphatic rings. The number of nitrogens with zero attached hydrogens (tertiary/aromatic N) is 1. The fraction of sp³-hybridized carbons (Fsp3) is 0.538. The summed E-state index contributed by atoms with van der Waals surface area (Å²) in [5.41, 5.74) is 1.63. The first-order chi connectivity index (χ1) is 16.0. The maximum atomic E-state index is 10.6. The molecule has 0 saturated carbocycles. The van der Waals surface area contributed by atoms with Gasteiger partial charge in [-0.15, -0.1) is 0 Å². The quantitative estimate of drug-likeness (QED) is 0.548. The summed E-state index contributed by atoms with van der Waals surface area (Å²) in [5.74, 6) is 2.88. The summed E-state index contributed by atoms with van der Waals surface area (Å²) < 4.78 is 23.6. The Bertz CT molecular complexity index is 1080. The predicted molar refractivity (Wildman–Crippen MR) is 125 cm³/mol. The van der Waals surface area contributed by atoms with Gasteiger partial charge < -0.3 is 29.2 Å². The summed E-state index contributed by atoms with van der Waals surface area (Å²) in [4.78, 5) is 2.39. The fourth-order valence-electron chi connectivity index (χ4n) is 4.79. The minimum absolute atomic E-state index is 0.0170. The lowest BCUT2D eigenvalue weighted by atomic mass is 9.97. The van der Waals surface area contributed by atoms with Crippen molar-refractivity contribution < 1.29 is 29.2 Å². The number of piperidine rings is 1. The molecule has 2 N–H and O–H groups in total. The van der Waals surface area contributed by atoms with E-state index in [2.05, 4.69) is 4.90 Å². The third-order valence-corrected chi connectivity index (χ3v) is 6.61. The molecule has 2 heterocycles. The van der Waals surface area contributed by atoms with Gasteiger partial charge in [0.1, 0.15) is 11.5 Å². The average molecular weight is 458 g/mol. The van der Waals surface area contributed by atoms with Gasteiger partial charge in [-0.3, -0.25) is 4.90 Å². The molecule has 1 fully saturated rings. The highest BCUT2D eigenvalue weighted by Crippen LogP contribution is 2.54. The number of aromatic hydroxyl groups is 1. The molecule has 0 radical (unpaired) electrons. The SMILES string of the molecule is CCOc1c(OC)c2c(c(OC)c1C(O)CC)CC(N1CCCCC1)O2.Oc1cc2ccc1=2. The second-order valence-electron chi connectivity index (χ2n) is 8.58. The number of aliphatic hydroxyl groups is 1. The maximum Gasteiger partial charge on any atom is 0.204 e. The van der Waals surface area contributed by atoms with Crippen molar-refractivity contribution in [3.8, 4) is 28.7 Å². The molecule has 0 amide bonds. The third-order valence-electron chi connectivity index (χ3n) is 6.61. The molecule has 2 unspecified atom stereocenters. The lowest BCUT2D eigenvalue weighted by molar-refractivity contribution is 0.0272. The van der Waals surface area contributed by atoms with E-state index in [1.807, 2.05) is 26.0 Å². The molecule has 0 bridgehead atoms. The van der Waals surface area contributed by atoms with E-state index in [0.29, 0.717) is 47.3 Å². The number of aliphatic hydroxyl groups excluding tert-OH is 1. The molecule has 0 spiro atoms. The highest BCUT2D eigenvalue weighted by molar-refractivity contribution is 5.68. The van der Waals surface area contributed by atoms with Crippen molar-refractivity contribution in [1.29, 1.82) is 0 Å². The first kappa shape index (κ1) is 23.5. The minimum Gasteiger partial charge on any atom is -0.507 e. The van der Waals surface area contributed by atoms with Gasteiger partial charge in [-0.25, -0.2) is 0 Å². The second kappa shape index (κ2) is 10.1. The van der Waals surface area contributed by atoms with Crippen molar-refractivity contribution in [2.75, 3.05) is 33.9 Å². The van der Waals surface area contributed by atoms with Crippen LogP contribution in [-0.2, 0) is 6.42 Å². The Morgan fingerprint density at radius 3 is 2.24 bits per heavy atom. The second-order valence-corrected chi connectivity index (χ2v) is 8.58. The Labute approximate surface area is 195 Å². The van der Waals surface area contributed by atoms with Gasteiger partial charge in [-0.1, -0.05) is 25.5 Å². The van der Waals surface area contributed by atoms with E-state index in [9.17, 15) is 5.11 Å². The summed E-state index contributed by atoms with van der Waals surface area (Å²) in [6.07, 6.45) is 4.28. The van der Waals surface area contributed by atoms with Crippen LogP contribution in [0.25, 0.3) is 0 Å². The topological polar surface area (TPSA) is 80.6 Å². The molecule has 2 aliphatic heterocycles. The van der Waals surface area contributed by atoms with Gasteiger partial charge >= 0.3 is 0 Å². The van der Waals surface area contributed by atoms with Crippen molar-refractivity contribution >= 4 is 0 Å². The highest BCUT2D eigenvalue weighted by Gasteiger charge is 2.39. The molecule has 1 saturated heterocycles. The van der Waals surface area contributed by atoms with Gasteiger partial charge in [-0.2, -0.15) is 0 Å². The van der Waals surface area contributed by atoms with Gasteiger partial charge in [0.25, 0.3) is 0 Å². The van der Waals surface area contributed by atoms with Gasteiger partial charge in [0.05, 0.1) is 32.5 Å². The molecule has 7 nitrogen and oxygen atoms in total. The number of likely N-dealkylation sites (tertiary alicyclic amines) is 1. The van der Waals surface area contributed by atoms with Crippen LogP contribution in [0.5, 0.6) is 28.7 Å². The number of fused-ring (bicyclic) bond motifs is 1. The zero-order chi connectivity index (χ0) is 23.5. The van der Waals surface area contributed by atoms with Crippen LogP contribution in [0.2, 0.25) is 0 Å². The van der Waals surface area contributed by atoms with Gasteiger partial charge in [0.2, 0.25) is 5.75 Å². The minimum atomic E-state index is -0.681. The van der Waals surface area contributed by atoms with E-state index in [0.717, 1.165) is 30.3 Å². The Balaban J connectivity index is 0.000000310. The summed E-state index contributed by atoms with van der Waals surface area (Å²) in [7, 11) is 3.25. The normalized spacial score (nSPS) is 19.0. The standard InChI is InChI=1S/C20H31NO5.C6H4O/c1-5-14(22)16-17(23-3)13-12-15(21-10-8-7-9-11-21)26-18(13)20(24-4)19(16)25-6-2;7-6-3-4-1-2-5(4)6/h14-15,22H,5-12H2,1-4H3;1-3,7H. The first-order valence-corrected chi connectivity index (χ1v) is 11.9. The van der Waals surface area contributed by atoms with Crippen LogP contribution in [-0.4, -0.2) is 55.3 Å². The van der Waals surface area contributed by atoms with Crippen LogP contribution >= 0.6 is 0 Å². The van der Waals surface area contributed by atoms with E-state index < -0.39 is 6.10 Å². The van der Waals surface area contributed by atoms with E-state index in [4.69, 9.17) is 24.1 Å². The monoisotopic (exact) mass is 457 g/mol. The number of phenolic OH excluding ortho intramolecular Hbond substituents is 1. The third kappa shape index (κ3) is 4.32. The number of phenols is 1. The first-order valence-electron chi connectivity index (χ1n) is 11.9. The molecule has 0 aromatic heterocycles. The van der Waals surface area contributed by atoms with Gasteiger partial charge in [-0.05, 0) is 37.5 Å². The van der Waals surface area contributed by atoms with E-state index in [1.165, 1.54) is 24.5 Å². The van der Waals surface area contributed by atoms with E-state index >= 15 is 0 Å². The molecule has 180 valence electrons. The van der Waals surface area contributed by atoms with Crippen LogP contribution in [0.3, 0.4) is 0 Å². The molecule has 33 heavy (non-hydrogen) atoms. The van der Waals surface area contributed by atoms with E-state index in [1.54, 1.807) is 20.3 Å². The summed E-state index contributed by atoms with van der Waals surface area (Å²) in [6, 6.07) is 5.65. The van der Waals surface area contributed by atoms with Crippen LogP contribution in [0.15, 0.2) is 18.2 Å². The Kier molecular flexibility index (Phi) is 7.20. The number of methoxy groups -OCH3 is 2. The van der Waals surface area contributed by atoms with Crippen LogP contribution < -0.4 is 18.9 Å². The fourth-order valence-corrected chi connectivity index (χ4v) is 4.79. The zero-order valence-electron chi connectivity index (χ0n) is 20.0. The average Bonchev–Trinajstić information content (AvgIpc) is 3.27. The molecule has 2 atom stereocenters. The Morgan fingerprint density at radius 2 is 1.79 bits per heavy atom. The van der Waals surface area contributed by atoms with Gasteiger partial charge in [0.15, 0.2) is 17.7 Å². The molecule has 2 aliphatic carbocycles. The molecule has 1 aromatic rings. The Morgan fingerprint density at radius 1 is 1.06 bits per heavy atom. The summed E-state index contributed by atoms with van der Waals surface area (Å²) in [5, 5.41) is 21.6. The molecule has 7 heteroatoms. The lowest BCUT2D eigenvalue weighted by Gasteiger charge is -2.31. The van der Waals surface area contributed by atoms with Crippen molar-refractivity contribution in [2.45, 2.75) is 58.3 Å².